The predicted molar refractivity (Wildman–Crippen MR) is 68.6 cm³/mol. The van der Waals surface area contributed by atoms with E-state index in [9.17, 15) is 4.79 Å². The van der Waals surface area contributed by atoms with E-state index >= 15 is 0 Å². The summed E-state index contributed by atoms with van der Waals surface area (Å²) < 4.78 is 9.35. The third kappa shape index (κ3) is 3.46. The molecule has 0 aliphatic carbocycles. The lowest BCUT2D eigenvalue weighted by Gasteiger charge is -2.31. The van der Waals surface area contributed by atoms with Crippen molar-refractivity contribution >= 4 is 33.4 Å². The SMILES string of the molecule is O=C(c1csnn1)N1CCC(OCCBr)CC1. The number of ether oxygens (including phenoxy) is 1. The molecular formula is C10H14BrN3O2S. The van der Waals surface area contributed by atoms with Crippen molar-refractivity contribution in [2.75, 3.05) is 25.0 Å². The number of halogens is 1. The van der Waals surface area contributed by atoms with Crippen molar-refractivity contribution in [1.82, 2.24) is 14.5 Å². The lowest BCUT2D eigenvalue weighted by atomic mass is 10.1. The molecule has 2 rings (SSSR count). The molecule has 0 radical (unpaired) electrons. The van der Waals surface area contributed by atoms with Gasteiger partial charge in [-0.1, -0.05) is 20.4 Å². The molecule has 7 heteroatoms. The van der Waals surface area contributed by atoms with Gasteiger partial charge in [0.15, 0.2) is 5.69 Å². The van der Waals surface area contributed by atoms with Gasteiger partial charge in [0, 0.05) is 23.8 Å². The van der Waals surface area contributed by atoms with E-state index in [1.807, 2.05) is 4.90 Å². The molecule has 0 bridgehead atoms. The monoisotopic (exact) mass is 319 g/mol. The van der Waals surface area contributed by atoms with Crippen molar-refractivity contribution in [3.63, 3.8) is 0 Å². The second kappa shape index (κ2) is 6.42. The standard InChI is InChI=1S/C10H14BrN3O2S/c11-3-6-16-8-1-4-14(5-2-8)10(15)9-7-17-13-12-9/h7-8H,1-6H2. The van der Waals surface area contributed by atoms with Gasteiger partial charge < -0.3 is 9.64 Å². The van der Waals surface area contributed by atoms with Crippen LogP contribution in [0.3, 0.4) is 0 Å². The zero-order valence-corrected chi connectivity index (χ0v) is 11.7. The first-order valence-corrected chi connectivity index (χ1v) is 7.51. The van der Waals surface area contributed by atoms with Crippen LogP contribution in [0.1, 0.15) is 23.3 Å². The molecule has 1 aromatic rings. The van der Waals surface area contributed by atoms with Gasteiger partial charge in [0.2, 0.25) is 0 Å². The smallest absolute Gasteiger partial charge is 0.275 e. The summed E-state index contributed by atoms with van der Waals surface area (Å²) in [5, 5.41) is 6.35. The van der Waals surface area contributed by atoms with E-state index in [1.165, 1.54) is 11.5 Å². The number of aromatic nitrogens is 2. The van der Waals surface area contributed by atoms with Crippen LogP contribution in [-0.4, -0.2) is 51.5 Å². The van der Waals surface area contributed by atoms with Crippen LogP contribution < -0.4 is 0 Å². The average molecular weight is 320 g/mol. The van der Waals surface area contributed by atoms with Gasteiger partial charge in [-0.25, -0.2) is 0 Å². The number of hydrogen-bond donors (Lipinski definition) is 0. The normalized spacial score (nSPS) is 17.4. The quantitative estimate of drug-likeness (QED) is 0.790. The Morgan fingerprint density at radius 2 is 2.35 bits per heavy atom. The zero-order valence-electron chi connectivity index (χ0n) is 9.34. The van der Waals surface area contributed by atoms with Crippen LogP contribution >= 0.6 is 27.5 Å². The van der Waals surface area contributed by atoms with E-state index in [-0.39, 0.29) is 12.0 Å². The first kappa shape index (κ1) is 12.9. The number of alkyl halides is 1. The van der Waals surface area contributed by atoms with Gasteiger partial charge >= 0.3 is 0 Å². The van der Waals surface area contributed by atoms with E-state index in [4.69, 9.17) is 4.74 Å². The fourth-order valence-electron chi connectivity index (χ4n) is 1.86. The second-order valence-electron chi connectivity index (χ2n) is 3.84. The molecule has 0 aromatic carbocycles. The minimum Gasteiger partial charge on any atom is -0.377 e. The summed E-state index contributed by atoms with van der Waals surface area (Å²) in [5.41, 5.74) is 0.454. The van der Waals surface area contributed by atoms with Crippen LogP contribution in [0.15, 0.2) is 5.38 Å². The number of likely N-dealkylation sites (tertiary alicyclic amines) is 1. The van der Waals surface area contributed by atoms with Crippen molar-refractivity contribution in [3.05, 3.63) is 11.1 Å². The number of nitrogens with zero attached hydrogens (tertiary/aromatic N) is 3. The number of piperidine rings is 1. The fourth-order valence-corrected chi connectivity index (χ4v) is 2.47. The highest BCUT2D eigenvalue weighted by atomic mass is 79.9. The summed E-state index contributed by atoms with van der Waals surface area (Å²) in [5.74, 6) is -0.0160. The van der Waals surface area contributed by atoms with Gasteiger partial charge in [-0.2, -0.15) is 0 Å². The molecule has 94 valence electrons. The van der Waals surface area contributed by atoms with Crippen LogP contribution in [0.5, 0.6) is 0 Å². The highest BCUT2D eigenvalue weighted by molar-refractivity contribution is 9.09. The number of carbonyl (C=O) groups is 1. The Morgan fingerprint density at radius 3 is 2.94 bits per heavy atom. The Bertz CT molecular complexity index is 352. The average Bonchev–Trinajstić information content (AvgIpc) is 2.90. The number of rotatable bonds is 4. The van der Waals surface area contributed by atoms with Crippen molar-refractivity contribution < 1.29 is 9.53 Å². The third-order valence-corrected chi connectivity index (χ3v) is 3.57. The molecule has 0 spiro atoms. The molecule has 0 unspecified atom stereocenters. The third-order valence-electron chi connectivity index (χ3n) is 2.74. The summed E-state index contributed by atoms with van der Waals surface area (Å²) >= 11 is 4.54. The van der Waals surface area contributed by atoms with Gasteiger partial charge in [-0.3, -0.25) is 4.79 Å². The highest BCUT2D eigenvalue weighted by Gasteiger charge is 2.25. The highest BCUT2D eigenvalue weighted by Crippen LogP contribution is 2.16. The maximum Gasteiger partial charge on any atom is 0.275 e. The van der Waals surface area contributed by atoms with Gasteiger partial charge in [-0.05, 0) is 24.4 Å². The van der Waals surface area contributed by atoms with Crippen molar-refractivity contribution in [3.8, 4) is 0 Å². The molecule has 0 saturated carbocycles. The molecule has 0 atom stereocenters. The summed E-state index contributed by atoms with van der Waals surface area (Å²) in [6, 6.07) is 0. The Hall–Kier alpha value is -0.530. The molecule has 1 aliphatic heterocycles. The van der Waals surface area contributed by atoms with Gasteiger partial charge in [-0.15, -0.1) is 5.10 Å². The van der Waals surface area contributed by atoms with Crippen LogP contribution in [0.2, 0.25) is 0 Å². The number of hydrogen-bond acceptors (Lipinski definition) is 5. The fraction of sp³-hybridized carbons (Fsp3) is 0.700. The zero-order chi connectivity index (χ0) is 12.1. The van der Waals surface area contributed by atoms with E-state index in [0.29, 0.717) is 5.69 Å². The molecular weight excluding hydrogens is 306 g/mol. The number of carbonyl (C=O) groups excluding carboxylic acids is 1. The van der Waals surface area contributed by atoms with E-state index in [2.05, 4.69) is 25.5 Å². The topological polar surface area (TPSA) is 55.3 Å². The maximum atomic E-state index is 12.0. The minimum atomic E-state index is -0.0160. The van der Waals surface area contributed by atoms with E-state index < -0.39 is 0 Å². The molecule has 1 aliphatic rings. The van der Waals surface area contributed by atoms with Crippen LogP contribution in [0, 0.1) is 0 Å². The van der Waals surface area contributed by atoms with E-state index in [0.717, 1.165) is 37.9 Å². The molecule has 1 aromatic heterocycles. The largest absolute Gasteiger partial charge is 0.377 e. The van der Waals surface area contributed by atoms with Crippen molar-refractivity contribution in [1.29, 1.82) is 0 Å². The Labute approximate surface area is 112 Å². The second-order valence-corrected chi connectivity index (χ2v) is 5.24. The molecule has 1 amide bonds. The number of amides is 1. The Kier molecular flexibility index (Phi) is 4.87. The van der Waals surface area contributed by atoms with Gasteiger partial charge in [0.1, 0.15) is 0 Å². The minimum absolute atomic E-state index is 0.0160. The molecule has 0 N–H and O–H groups in total. The van der Waals surface area contributed by atoms with Gasteiger partial charge in [0.05, 0.1) is 12.7 Å². The van der Waals surface area contributed by atoms with E-state index in [1.54, 1.807) is 5.38 Å². The van der Waals surface area contributed by atoms with Crippen LogP contribution in [0.4, 0.5) is 0 Å². The molecule has 1 saturated heterocycles. The Morgan fingerprint density at radius 1 is 1.59 bits per heavy atom. The molecule has 2 heterocycles. The summed E-state index contributed by atoms with van der Waals surface area (Å²) in [6.07, 6.45) is 2.08. The van der Waals surface area contributed by atoms with Crippen molar-refractivity contribution in [2.45, 2.75) is 18.9 Å². The lowest BCUT2D eigenvalue weighted by molar-refractivity contribution is 0.0158. The summed E-state index contributed by atoms with van der Waals surface area (Å²) in [4.78, 5) is 13.8. The van der Waals surface area contributed by atoms with Crippen molar-refractivity contribution in [2.24, 2.45) is 0 Å². The molecule has 1 fully saturated rings. The molecule has 5 nitrogen and oxygen atoms in total. The lowest BCUT2D eigenvalue weighted by Crippen LogP contribution is -2.41. The van der Waals surface area contributed by atoms with Gasteiger partial charge in [0.25, 0.3) is 5.91 Å². The Balaban J connectivity index is 1.81. The van der Waals surface area contributed by atoms with Crippen LogP contribution in [0.25, 0.3) is 0 Å². The summed E-state index contributed by atoms with van der Waals surface area (Å²) in [7, 11) is 0. The predicted octanol–water partition coefficient (Wildman–Crippen LogP) is 1.55. The molecule has 17 heavy (non-hydrogen) atoms. The maximum absolute atomic E-state index is 12.0. The first-order valence-electron chi connectivity index (χ1n) is 5.55. The first-order chi connectivity index (χ1) is 8.31. The van der Waals surface area contributed by atoms with Crippen LogP contribution in [-0.2, 0) is 4.74 Å². The summed E-state index contributed by atoms with van der Waals surface area (Å²) in [6.45, 7) is 2.21.